The van der Waals surface area contributed by atoms with Crippen LogP contribution >= 0.6 is 0 Å². The van der Waals surface area contributed by atoms with Gasteiger partial charge in [0.2, 0.25) is 0 Å². The number of methoxy groups -OCH3 is 1. The predicted octanol–water partition coefficient (Wildman–Crippen LogP) is 1.08. The highest BCUT2D eigenvalue weighted by Crippen LogP contribution is 2.46. The zero-order chi connectivity index (χ0) is 12.0. The van der Waals surface area contributed by atoms with Crippen LogP contribution < -0.4 is 4.74 Å². The summed E-state index contributed by atoms with van der Waals surface area (Å²) in [4.78, 5) is 0.132. The second-order valence-corrected chi connectivity index (χ2v) is 6.15. The van der Waals surface area contributed by atoms with E-state index in [2.05, 4.69) is 0 Å². The Kier molecular flexibility index (Phi) is 2.47. The van der Waals surface area contributed by atoms with Gasteiger partial charge in [-0.2, -0.15) is 0 Å². The maximum absolute atomic E-state index is 11.6. The molecule has 4 nitrogen and oxygen atoms in total. The standard InChI is InChI=1S/C11H14O4S/c1-15-9-4-3-8(11(12)5-6-11)7-10(9)16(2,13)14/h3-4,7,12H,5-6H2,1-2H3. The van der Waals surface area contributed by atoms with Gasteiger partial charge in [-0.1, -0.05) is 6.07 Å². The summed E-state index contributed by atoms with van der Waals surface area (Å²) in [5.41, 5.74) is -0.181. The van der Waals surface area contributed by atoms with Gasteiger partial charge in [-0.25, -0.2) is 8.42 Å². The topological polar surface area (TPSA) is 63.6 Å². The van der Waals surface area contributed by atoms with Gasteiger partial charge in [-0.05, 0) is 30.5 Å². The van der Waals surface area contributed by atoms with Crippen molar-refractivity contribution in [3.63, 3.8) is 0 Å². The maximum Gasteiger partial charge on any atom is 0.179 e. The summed E-state index contributed by atoms with van der Waals surface area (Å²) in [7, 11) is -1.91. The van der Waals surface area contributed by atoms with Crippen LogP contribution in [0.1, 0.15) is 18.4 Å². The van der Waals surface area contributed by atoms with E-state index in [4.69, 9.17) is 4.74 Å². The molecule has 0 aromatic heterocycles. The molecule has 0 spiro atoms. The summed E-state index contributed by atoms with van der Waals surface area (Å²) >= 11 is 0. The number of rotatable bonds is 3. The van der Waals surface area contributed by atoms with E-state index in [9.17, 15) is 13.5 Å². The smallest absolute Gasteiger partial charge is 0.179 e. The number of sulfone groups is 1. The molecule has 1 aliphatic rings. The van der Waals surface area contributed by atoms with Crippen LogP contribution in [-0.2, 0) is 15.4 Å². The fourth-order valence-electron chi connectivity index (χ4n) is 1.66. The molecule has 1 fully saturated rings. The molecule has 5 heteroatoms. The van der Waals surface area contributed by atoms with Crippen LogP contribution in [0, 0.1) is 0 Å². The average Bonchev–Trinajstić information content (AvgIpc) is 2.95. The second-order valence-electron chi connectivity index (χ2n) is 4.17. The molecule has 0 atom stereocenters. The van der Waals surface area contributed by atoms with Crippen LogP contribution in [-0.4, -0.2) is 26.9 Å². The first kappa shape index (κ1) is 11.4. The Hall–Kier alpha value is -1.07. The lowest BCUT2D eigenvalue weighted by molar-refractivity contribution is 0.151. The van der Waals surface area contributed by atoms with Crippen LogP contribution in [0.15, 0.2) is 23.1 Å². The Balaban J connectivity index is 2.56. The third-order valence-corrected chi connectivity index (χ3v) is 3.94. The average molecular weight is 242 g/mol. The minimum absolute atomic E-state index is 0.132. The Morgan fingerprint density at radius 2 is 2.00 bits per heavy atom. The Labute approximate surface area is 94.8 Å². The van der Waals surface area contributed by atoms with Crippen LogP contribution in [0.2, 0.25) is 0 Å². The Morgan fingerprint density at radius 1 is 1.38 bits per heavy atom. The van der Waals surface area contributed by atoms with Gasteiger partial charge >= 0.3 is 0 Å². The molecule has 1 aromatic carbocycles. The first-order chi connectivity index (χ1) is 7.37. The summed E-state index contributed by atoms with van der Waals surface area (Å²) in [5, 5.41) is 9.92. The quantitative estimate of drug-likeness (QED) is 0.861. The van der Waals surface area contributed by atoms with Crippen molar-refractivity contribution >= 4 is 9.84 Å². The summed E-state index contributed by atoms with van der Waals surface area (Å²) < 4.78 is 28.1. The minimum Gasteiger partial charge on any atom is -0.495 e. The summed E-state index contributed by atoms with van der Waals surface area (Å²) in [5.74, 6) is 0.315. The fraction of sp³-hybridized carbons (Fsp3) is 0.455. The highest BCUT2D eigenvalue weighted by Gasteiger charge is 2.42. The van der Waals surface area contributed by atoms with E-state index in [1.165, 1.54) is 13.2 Å². The van der Waals surface area contributed by atoms with Gasteiger partial charge in [0.1, 0.15) is 10.6 Å². The Bertz CT molecular complexity index is 515. The summed E-state index contributed by atoms with van der Waals surface area (Å²) in [6.07, 6.45) is 2.50. The van der Waals surface area contributed by atoms with Gasteiger partial charge in [0.25, 0.3) is 0 Å². The third-order valence-electron chi connectivity index (χ3n) is 2.82. The van der Waals surface area contributed by atoms with Gasteiger partial charge < -0.3 is 9.84 Å². The lowest BCUT2D eigenvalue weighted by atomic mass is 10.1. The summed E-state index contributed by atoms with van der Waals surface area (Å²) in [6.45, 7) is 0. The monoisotopic (exact) mass is 242 g/mol. The third kappa shape index (κ3) is 1.92. The minimum atomic E-state index is -3.34. The van der Waals surface area contributed by atoms with Crippen LogP contribution in [0.4, 0.5) is 0 Å². The largest absolute Gasteiger partial charge is 0.495 e. The molecule has 88 valence electrons. The van der Waals surface area contributed by atoms with E-state index in [0.29, 0.717) is 24.2 Å². The van der Waals surface area contributed by atoms with E-state index < -0.39 is 15.4 Å². The van der Waals surface area contributed by atoms with Crippen molar-refractivity contribution in [2.75, 3.05) is 13.4 Å². The molecular weight excluding hydrogens is 228 g/mol. The molecule has 1 aromatic rings. The highest BCUT2D eigenvalue weighted by atomic mass is 32.2. The lowest BCUT2D eigenvalue weighted by Crippen LogP contribution is -2.07. The van der Waals surface area contributed by atoms with Crippen molar-refractivity contribution in [2.24, 2.45) is 0 Å². The van der Waals surface area contributed by atoms with E-state index in [1.54, 1.807) is 12.1 Å². The van der Waals surface area contributed by atoms with Gasteiger partial charge in [-0.15, -0.1) is 0 Å². The number of hydrogen-bond acceptors (Lipinski definition) is 4. The van der Waals surface area contributed by atoms with Gasteiger partial charge in [0, 0.05) is 6.26 Å². The van der Waals surface area contributed by atoms with Gasteiger partial charge in [0.15, 0.2) is 9.84 Å². The molecule has 0 heterocycles. The van der Waals surface area contributed by atoms with Crippen molar-refractivity contribution in [2.45, 2.75) is 23.3 Å². The molecule has 1 N–H and O–H groups in total. The molecule has 0 amide bonds. The normalized spacial score (nSPS) is 18.2. The molecule has 1 saturated carbocycles. The van der Waals surface area contributed by atoms with E-state index in [0.717, 1.165) is 6.26 Å². The molecule has 1 aliphatic carbocycles. The molecule has 0 aliphatic heterocycles. The number of aliphatic hydroxyl groups is 1. The molecule has 0 saturated heterocycles. The molecule has 16 heavy (non-hydrogen) atoms. The lowest BCUT2D eigenvalue weighted by Gasteiger charge is -2.12. The zero-order valence-electron chi connectivity index (χ0n) is 9.23. The first-order valence-corrected chi connectivity index (χ1v) is 6.87. The SMILES string of the molecule is COc1ccc(C2(O)CC2)cc1S(C)(=O)=O. The van der Waals surface area contributed by atoms with Crippen molar-refractivity contribution in [3.8, 4) is 5.75 Å². The highest BCUT2D eigenvalue weighted by molar-refractivity contribution is 7.90. The molecular formula is C11H14O4S. The number of ether oxygens (including phenoxy) is 1. The van der Waals surface area contributed by atoms with Crippen LogP contribution in [0.25, 0.3) is 0 Å². The second kappa shape index (κ2) is 3.46. The van der Waals surface area contributed by atoms with E-state index >= 15 is 0 Å². The maximum atomic E-state index is 11.6. The molecule has 0 radical (unpaired) electrons. The first-order valence-electron chi connectivity index (χ1n) is 4.98. The number of benzene rings is 1. The predicted molar refractivity (Wildman–Crippen MR) is 59.2 cm³/mol. The van der Waals surface area contributed by atoms with Crippen molar-refractivity contribution in [3.05, 3.63) is 23.8 Å². The van der Waals surface area contributed by atoms with Crippen molar-refractivity contribution in [1.29, 1.82) is 0 Å². The molecule has 0 bridgehead atoms. The summed E-state index contributed by atoms with van der Waals surface area (Å²) in [6, 6.07) is 4.80. The van der Waals surface area contributed by atoms with Crippen molar-refractivity contribution < 1.29 is 18.3 Å². The van der Waals surface area contributed by atoms with Crippen LogP contribution in [0.5, 0.6) is 5.75 Å². The van der Waals surface area contributed by atoms with Crippen molar-refractivity contribution in [1.82, 2.24) is 0 Å². The Morgan fingerprint density at radius 3 is 2.44 bits per heavy atom. The van der Waals surface area contributed by atoms with Crippen LogP contribution in [0.3, 0.4) is 0 Å². The molecule has 0 unspecified atom stereocenters. The number of hydrogen-bond donors (Lipinski definition) is 1. The van der Waals surface area contributed by atoms with Gasteiger partial charge in [-0.3, -0.25) is 0 Å². The van der Waals surface area contributed by atoms with E-state index in [-0.39, 0.29) is 4.90 Å². The fourth-order valence-corrected chi connectivity index (χ4v) is 2.52. The molecule has 2 rings (SSSR count). The van der Waals surface area contributed by atoms with E-state index in [1.807, 2.05) is 0 Å². The van der Waals surface area contributed by atoms with Gasteiger partial charge in [0.05, 0.1) is 12.7 Å². The zero-order valence-corrected chi connectivity index (χ0v) is 10.0.